The molecular formula is C10H15N3. The van der Waals surface area contributed by atoms with Gasteiger partial charge in [-0.25, -0.2) is 4.98 Å². The molecule has 1 spiro atoms. The molecule has 2 heterocycles. The standard InChI is InChI=1S/C10H15N3/c1-7-4-10(5-7)9-8(2-3-13-10)11-6-12-9/h6-7,13H,2-5H2,1H3,(H,11,12). The highest BCUT2D eigenvalue weighted by Gasteiger charge is 2.47. The summed E-state index contributed by atoms with van der Waals surface area (Å²) in [6, 6.07) is 0. The number of rotatable bonds is 0. The van der Waals surface area contributed by atoms with Crippen LogP contribution < -0.4 is 5.32 Å². The van der Waals surface area contributed by atoms with Crippen LogP contribution in [0.3, 0.4) is 0 Å². The van der Waals surface area contributed by atoms with Crippen LogP contribution in [0.5, 0.6) is 0 Å². The molecule has 0 atom stereocenters. The van der Waals surface area contributed by atoms with Gasteiger partial charge in [0.25, 0.3) is 0 Å². The van der Waals surface area contributed by atoms with Gasteiger partial charge in [0, 0.05) is 18.7 Å². The fourth-order valence-electron chi connectivity index (χ4n) is 2.90. The van der Waals surface area contributed by atoms with Crippen molar-refractivity contribution in [3.05, 3.63) is 17.7 Å². The van der Waals surface area contributed by atoms with Crippen LogP contribution in [-0.2, 0) is 12.0 Å². The number of hydrogen-bond donors (Lipinski definition) is 2. The number of fused-ring (bicyclic) bond motifs is 2. The molecule has 3 nitrogen and oxygen atoms in total. The number of aromatic amines is 1. The summed E-state index contributed by atoms with van der Waals surface area (Å²) < 4.78 is 0. The van der Waals surface area contributed by atoms with Crippen molar-refractivity contribution in [2.75, 3.05) is 6.54 Å². The normalized spacial score (nSPS) is 37.2. The number of H-pyrrole nitrogens is 1. The SMILES string of the molecule is CC1CC2(C1)NCCc1[nH]cnc12. The van der Waals surface area contributed by atoms with Crippen LogP contribution in [0.4, 0.5) is 0 Å². The first-order valence-corrected chi connectivity index (χ1v) is 5.08. The topological polar surface area (TPSA) is 40.7 Å². The molecule has 2 aliphatic rings. The van der Waals surface area contributed by atoms with E-state index in [0.29, 0.717) is 0 Å². The Morgan fingerprint density at radius 1 is 1.54 bits per heavy atom. The monoisotopic (exact) mass is 177 g/mol. The molecule has 1 aliphatic heterocycles. The lowest BCUT2D eigenvalue weighted by atomic mass is 9.65. The molecule has 3 heteroatoms. The minimum Gasteiger partial charge on any atom is -0.348 e. The molecule has 0 aromatic carbocycles. The highest BCUT2D eigenvalue weighted by molar-refractivity contribution is 5.28. The zero-order chi connectivity index (χ0) is 8.89. The Balaban J connectivity index is 2.01. The van der Waals surface area contributed by atoms with Gasteiger partial charge in [-0.1, -0.05) is 6.92 Å². The maximum absolute atomic E-state index is 4.45. The van der Waals surface area contributed by atoms with Gasteiger partial charge in [-0.3, -0.25) is 0 Å². The second-order valence-electron chi connectivity index (χ2n) is 4.50. The third-order valence-electron chi connectivity index (χ3n) is 3.40. The van der Waals surface area contributed by atoms with Crippen LogP contribution in [0, 0.1) is 5.92 Å². The lowest BCUT2D eigenvalue weighted by molar-refractivity contribution is 0.103. The molecule has 0 bridgehead atoms. The van der Waals surface area contributed by atoms with Crippen molar-refractivity contribution in [2.45, 2.75) is 31.7 Å². The van der Waals surface area contributed by atoms with Crippen LogP contribution in [-0.4, -0.2) is 16.5 Å². The molecule has 1 saturated carbocycles. The highest BCUT2D eigenvalue weighted by Crippen LogP contribution is 2.46. The minimum absolute atomic E-state index is 0.243. The van der Waals surface area contributed by atoms with E-state index >= 15 is 0 Å². The van der Waals surface area contributed by atoms with Gasteiger partial charge in [0.1, 0.15) is 0 Å². The van der Waals surface area contributed by atoms with Gasteiger partial charge in [-0.2, -0.15) is 0 Å². The van der Waals surface area contributed by atoms with Crippen LogP contribution in [0.25, 0.3) is 0 Å². The van der Waals surface area contributed by atoms with E-state index in [4.69, 9.17) is 0 Å². The van der Waals surface area contributed by atoms with E-state index < -0.39 is 0 Å². The number of aromatic nitrogens is 2. The lowest BCUT2D eigenvalue weighted by Crippen LogP contribution is -2.55. The van der Waals surface area contributed by atoms with Gasteiger partial charge < -0.3 is 10.3 Å². The molecular weight excluding hydrogens is 162 g/mol. The quantitative estimate of drug-likeness (QED) is 0.624. The number of imidazole rings is 1. The molecule has 2 N–H and O–H groups in total. The Labute approximate surface area is 78.0 Å². The fourth-order valence-corrected chi connectivity index (χ4v) is 2.90. The lowest BCUT2D eigenvalue weighted by Gasteiger charge is -2.48. The average Bonchev–Trinajstić information content (AvgIpc) is 2.50. The average molecular weight is 177 g/mol. The molecule has 1 fully saturated rings. The fraction of sp³-hybridized carbons (Fsp3) is 0.700. The molecule has 1 aromatic rings. The van der Waals surface area contributed by atoms with Gasteiger partial charge in [-0.05, 0) is 18.8 Å². The van der Waals surface area contributed by atoms with Crippen molar-refractivity contribution < 1.29 is 0 Å². The van der Waals surface area contributed by atoms with E-state index in [1.807, 2.05) is 6.33 Å². The van der Waals surface area contributed by atoms with Crippen molar-refractivity contribution in [2.24, 2.45) is 5.92 Å². The van der Waals surface area contributed by atoms with Crippen LogP contribution in [0.15, 0.2) is 6.33 Å². The summed E-state index contributed by atoms with van der Waals surface area (Å²) in [5.41, 5.74) is 2.88. The Hall–Kier alpha value is -0.830. The summed E-state index contributed by atoms with van der Waals surface area (Å²) >= 11 is 0. The molecule has 1 aliphatic carbocycles. The van der Waals surface area contributed by atoms with E-state index in [1.54, 1.807) is 0 Å². The zero-order valence-corrected chi connectivity index (χ0v) is 7.93. The van der Waals surface area contributed by atoms with Crippen molar-refractivity contribution in [1.82, 2.24) is 15.3 Å². The zero-order valence-electron chi connectivity index (χ0n) is 7.93. The predicted octanol–water partition coefficient (Wildman–Crippen LogP) is 1.18. The molecule has 1 aromatic heterocycles. The van der Waals surface area contributed by atoms with E-state index in [0.717, 1.165) is 18.9 Å². The van der Waals surface area contributed by atoms with E-state index in [-0.39, 0.29) is 5.54 Å². The summed E-state index contributed by atoms with van der Waals surface area (Å²) in [6.07, 6.45) is 5.45. The van der Waals surface area contributed by atoms with Crippen molar-refractivity contribution in [3.63, 3.8) is 0 Å². The van der Waals surface area contributed by atoms with Crippen LogP contribution in [0.1, 0.15) is 31.2 Å². The molecule has 0 amide bonds. The number of nitrogens with one attached hydrogen (secondary N) is 2. The first kappa shape index (κ1) is 7.56. The molecule has 3 rings (SSSR count). The van der Waals surface area contributed by atoms with E-state index in [2.05, 4.69) is 22.2 Å². The third-order valence-corrected chi connectivity index (χ3v) is 3.40. The van der Waals surface area contributed by atoms with Crippen molar-refractivity contribution in [1.29, 1.82) is 0 Å². The van der Waals surface area contributed by atoms with Crippen molar-refractivity contribution >= 4 is 0 Å². The Morgan fingerprint density at radius 2 is 2.38 bits per heavy atom. The smallest absolute Gasteiger partial charge is 0.0926 e. The van der Waals surface area contributed by atoms with E-state index in [1.165, 1.54) is 24.2 Å². The summed E-state index contributed by atoms with van der Waals surface area (Å²) in [5, 5.41) is 3.62. The van der Waals surface area contributed by atoms with Gasteiger partial charge in [0.05, 0.1) is 17.6 Å². The van der Waals surface area contributed by atoms with Gasteiger partial charge in [-0.15, -0.1) is 0 Å². The molecule has 70 valence electrons. The van der Waals surface area contributed by atoms with Crippen LogP contribution >= 0.6 is 0 Å². The minimum atomic E-state index is 0.243. The van der Waals surface area contributed by atoms with Gasteiger partial charge in [0.2, 0.25) is 0 Å². The number of nitrogens with zero attached hydrogens (tertiary/aromatic N) is 1. The number of hydrogen-bond acceptors (Lipinski definition) is 2. The molecule has 0 unspecified atom stereocenters. The van der Waals surface area contributed by atoms with Gasteiger partial charge in [0.15, 0.2) is 0 Å². The molecule has 13 heavy (non-hydrogen) atoms. The maximum atomic E-state index is 4.45. The summed E-state index contributed by atoms with van der Waals surface area (Å²) in [7, 11) is 0. The third kappa shape index (κ3) is 0.908. The summed E-state index contributed by atoms with van der Waals surface area (Å²) in [4.78, 5) is 7.69. The Morgan fingerprint density at radius 3 is 3.15 bits per heavy atom. The largest absolute Gasteiger partial charge is 0.348 e. The Kier molecular flexibility index (Phi) is 1.37. The second-order valence-corrected chi connectivity index (χ2v) is 4.50. The predicted molar refractivity (Wildman–Crippen MR) is 50.4 cm³/mol. The van der Waals surface area contributed by atoms with Crippen LogP contribution in [0.2, 0.25) is 0 Å². The first-order valence-electron chi connectivity index (χ1n) is 5.08. The summed E-state index contributed by atoms with van der Waals surface area (Å²) in [5.74, 6) is 0.857. The second kappa shape index (κ2) is 2.35. The van der Waals surface area contributed by atoms with E-state index in [9.17, 15) is 0 Å². The van der Waals surface area contributed by atoms with Gasteiger partial charge >= 0.3 is 0 Å². The first-order chi connectivity index (χ1) is 6.30. The summed E-state index contributed by atoms with van der Waals surface area (Å²) in [6.45, 7) is 3.41. The van der Waals surface area contributed by atoms with Crippen molar-refractivity contribution in [3.8, 4) is 0 Å². The molecule has 0 radical (unpaired) electrons. The maximum Gasteiger partial charge on any atom is 0.0926 e. The highest BCUT2D eigenvalue weighted by atomic mass is 15.1. The molecule has 0 saturated heterocycles. The Bertz CT molecular complexity index is 323.